The number of benzene rings is 2. The lowest BCUT2D eigenvalue weighted by Gasteiger charge is -2.56. The molecular weight excluding hydrogens is 360 g/mol. The zero-order valence-electron chi connectivity index (χ0n) is 16.7. The van der Waals surface area contributed by atoms with Crippen LogP contribution in [-0.4, -0.2) is 11.8 Å². The predicted octanol–water partition coefficient (Wildman–Crippen LogP) is 5.48. The summed E-state index contributed by atoms with van der Waals surface area (Å²) in [6.45, 7) is 0. The van der Waals surface area contributed by atoms with E-state index in [1.807, 2.05) is 42.5 Å². The van der Waals surface area contributed by atoms with Gasteiger partial charge in [-0.1, -0.05) is 24.3 Å². The maximum absolute atomic E-state index is 12.9. The fourth-order valence-corrected chi connectivity index (χ4v) is 6.52. The first-order valence-electron chi connectivity index (χ1n) is 10.8. The molecule has 0 aromatic heterocycles. The molecule has 29 heavy (non-hydrogen) atoms. The molecule has 0 saturated heterocycles. The molecule has 0 heterocycles. The van der Waals surface area contributed by atoms with E-state index in [1.165, 1.54) is 38.5 Å². The summed E-state index contributed by atoms with van der Waals surface area (Å²) in [5.74, 6) is 2.52. The van der Waals surface area contributed by atoms with Crippen molar-refractivity contribution >= 4 is 23.2 Å². The van der Waals surface area contributed by atoms with E-state index < -0.39 is 0 Å². The van der Waals surface area contributed by atoms with E-state index >= 15 is 0 Å². The van der Waals surface area contributed by atoms with Crippen molar-refractivity contribution in [3.8, 4) is 0 Å². The summed E-state index contributed by atoms with van der Waals surface area (Å²) < 4.78 is 0. The van der Waals surface area contributed by atoms with E-state index in [4.69, 9.17) is 0 Å². The highest BCUT2D eigenvalue weighted by atomic mass is 16.2. The van der Waals surface area contributed by atoms with Gasteiger partial charge in [-0.15, -0.1) is 0 Å². The maximum Gasteiger partial charge on any atom is 0.255 e. The molecule has 0 radical (unpaired) electrons. The molecule has 2 aromatic carbocycles. The van der Waals surface area contributed by atoms with Crippen LogP contribution in [-0.2, 0) is 4.79 Å². The second-order valence-electron chi connectivity index (χ2n) is 9.54. The molecule has 2 aromatic rings. The predicted molar refractivity (Wildman–Crippen MR) is 115 cm³/mol. The molecule has 6 rings (SSSR count). The van der Waals surface area contributed by atoms with E-state index in [1.54, 1.807) is 12.1 Å². The quantitative estimate of drug-likeness (QED) is 0.712. The summed E-state index contributed by atoms with van der Waals surface area (Å²) in [6.07, 6.45) is 8.52. The third-order valence-electron chi connectivity index (χ3n) is 7.14. The Labute approximate surface area is 172 Å². The number of nitrogens with one attached hydrogen (secondary N) is 2. The number of rotatable bonds is 5. The van der Waals surface area contributed by atoms with Crippen molar-refractivity contribution in [1.82, 2.24) is 0 Å². The Balaban J connectivity index is 1.22. The summed E-state index contributed by atoms with van der Waals surface area (Å²) in [5, 5.41) is 5.99. The van der Waals surface area contributed by atoms with Gasteiger partial charge in [0.25, 0.3) is 5.91 Å². The number of carbonyl (C=O) groups excluding carboxylic acids is 2. The van der Waals surface area contributed by atoms with Gasteiger partial charge in [-0.2, -0.15) is 0 Å². The Morgan fingerprint density at radius 3 is 2.00 bits per heavy atom. The zero-order valence-corrected chi connectivity index (χ0v) is 16.7. The van der Waals surface area contributed by atoms with Crippen LogP contribution in [0, 0.1) is 23.2 Å². The summed E-state index contributed by atoms with van der Waals surface area (Å²) in [4.78, 5) is 25.2. The lowest BCUT2D eigenvalue weighted by molar-refractivity contribution is -0.124. The Bertz CT molecular complexity index is 886. The Kier molecular flexibility index (Phi) is 4.65. The molecule has 2 N–H and O–H groups in total. The van der Waals surface area contributed by atoms with Gasteiger partial charge in [-0.25, -0.2) is 0 Å². The third-order valence-corrected chi connectivity index (χ3v) is 7.14. The molecule has 4 saturated carbocycles. The molecule has 4 aliphatic carbocycles. The molecule has 0 spiro atoms. The average Bonchev–Trinajstić information content (AvgIpc) is 2.67. The summed E-state index contributed by atoms with van der Waals surface area (Å²) in [5.41, 5.74) is 2.28. The van der Waals surface area contributed by atoms with E-state index in [-0.39, 0.29) is 17.2 Å². The summed E-state index contributed by atoms with van der Waals surface area (Å²) >= 11 is 0. The smallest absolute Gasteiger partial charge is 0.255 e. The highest BCUT2D eigenvalue weighted by Crippen LogP contribution is 2.61. The molecule has 0 unspecified atom stereocenters. The second kappa shape index (κ2) is 7.33. The number of hydrogen-bond acceptors (Lipinski definition) is 2. The molecule has 4 aliphatic rings. The van der Waals surface area contributed by atoms with Crippen LogP contribution in [0.5, 0.6) is 0 Å². The van der Waals surface area contributed by atoms with E-state index in [9.17, 15) is 9.59 Å². The Hall–Kier alpha value is -2.62. The van der Waals surface area contributed by atoms with Crippen LogP contribution in [0.4, 0.5) is 11.4 Å². The van der Waals surface area contributed by atoms with Crippen LogP contribution in [0.3, 0.4) is 0 Å². The molecule has 150 valence electrons. The van der Waals surface area contributed by atoms with Gasteiger partial charge in [-0.3, -0.25) is 9.59 Å². The average molecular weight is 389 g/mol. The van der Waals surface area contributed by atoms with Crippen molar-refractivity contribution in [2.45, 2.75) is 44.9 Å². The highest BCUT2D eigenvalue weighted by Gasteiger charge is 2.51. The summed E-state index contributed by atoms with van der Waals surface area (Å²) in [6, 6.07) is 16.6. The highest BCUT2D eigenvalue weighted by molar-refractivity contribution is 6.04. The van der Waals surface area contributed by atoms with Gasteiger partial charge >= 0.3 is 0 Å². The number of carbonyl (C=O) groups is 2. The minimum Gasteiger partial charge on any atom is -0.326 e. The van der Waals surface area contributed by atoms with E-state index in [0.29, 0.717) is 17.7 Å². The topological polar surface area (TPSA) is 58.2 Å². The zero-order chi connectivity index (χ0) is 19.8. The first kappa shape index (κ1) is 18.4. The third kappa shape index (κ3) is 3.93. The van der Waals surface area contributed by atoms with Crippen molar-refractivity contribution in [2.24, 2.45) is 23.2 Å². The van der Waals surface area contributed by atoms with Crippen LogP contribution in [0.1, 0.15) is 55.3 Å². The fourth-order valence-electron chi connectivity index (χ4n) is 6.52. The monoisotopic (exact) mass is 388 g/mol. The van der Waals surface area contributed by atoms with E-state index in [0.717, 1.165) is 23.4 Å². The van der Waals surface area contributed by atoms with Gasteiger partial charge in [0.15, 0.2) is 0 Å². The van der Waals surface area contributed by atoms with Crippen LogP contribution >= 0.6 is 0 Å². The molecular formula is C25H28N2O2. The number of anilines is 2. The standard InChI is InChI=1S/C25H28N2O2/c28-23(16-25-13-17-9-18(14-25)11-19(10-17)15-25)26-21-7-4-8-22(12-21)27-24(29)20-5-2-1-3-6-20/h1-8,12,17-19H,9-11,13-16H2,(H,26,28)(H,27,29). The molecule has 0 aliphatic heterocycles. The van der Waals surface area contributed by atoms with Gasteiger partial charge in [0.05, 0.1) is 0 Å². The second-order valence-corrected chi connectivity index (χ2v) is 9.54. The van der Waals surface area contributed by atoms with Gasteiger partial charge in [0.2, 0.25) is 5.91 Å². The van der Waals surface area contributed by atoms with Crippen molar-refractivity contribution in [2.75, 3.05) is 10.6 Å². The van der Waals surface area contributed by atoms with Crippen molar-refractivity contribution in [3.63, 3.8) is 0 Å². The lowest BCUT2D eigenvalue weighted by Crippen LogP contribution is -2.47. The first-order valence-corrected chi connectivity index (χ1v) is 10.8. The minimum absolute atomic E-state index is 0.110. The lowest BCUT2D eigenvalue weighted by atomic mass is 9.49. The molecule has 4 nitrogen and oxygen atoms in total. The van der Waals surface area contributed by atoms with Crippen LogP contribution < -0.4 is 10.6 Å². The molecule has 4 fully saturated rings. The van der Waals surface area contributed by atoms with Crippen LogP contribution in [0.25, 0.3) is 0 Å². The van der Waals surface area contributed by atoms with Crippen molar-refractivity contribution in [3.05, 3.63) is 60.2 Å². The van der Waals surface area contributed by atoms with Gasteiger partial charge < -0.3 is 10.6 Å². The van der Waals surface area contributed by atoms with Gasteiger partial charge in [0.1, 0.15) is 0 Å². The molecule has 4 bridgehead atoms. The number of hydrogen-bond donors (Lipinski definition) is 2. The normalized spacial score (nSPS) is 29.4. The van der Waals surface area contributed by atoms with Crippen LogP contribution in [0.2, 0.25) is 0 Å². The maximum atomic E-state index is 12.9. The van der Waals surface area contributed by atoms with Crippen molar-refractivity contribution < 1.29 is 9.59 Å². The summed E-state index contributed by atoms with van der Waals surface area (Å²) in [7, 11) is 0. The largest absolute Gasteiger partial charge is 0.326 e. The van der Waals surface area contributed by atoms with E-state index in [2.05, 4.69) is 10.6 Å². The van der Waals surface area contributed by atoms with Crippen molar-refractivity contribution in [1.29, 1.82) is 0 Å². The fraction of sp³-hybridized carbons (Fsp3) is 0.440. The first-order chi connectivity index (χ1) is 14.1. The Morgan fingerprint density at radius 1 is 0.793 bits per heavy atom. The Morgan fingerprint density at radius 2 is 1.38 bits per heavy atom. The minimum atomic E-state index is -0.150. The molecule has 0 atom stereocenters. The number of amides is 2. The molecule has 4 heteroatoms. The SMILES string of the molecule is O=C(CC12CC3CC(CC(C3)C1)C2)Nc1cccc(NC(=O)c2ccccc2)c1. The van der Waals surface area contributed by atoms with Crippen LogP contribution in [0.15, 0.2) is 54.6 Å². The molecule has 2 amide bonds. The van der Waals surface area contributed by atoms with Gasteiger partial charge in [0, 0.05) is 23.4 Å². The van der Waals surface area contributed by atoms with Gasteiger partial charge in [-0.05, 0) is 92.0 Å².